The number of aliphatic hydroxyl groups is 1. The molecule has 0 saturated carbocycles. The molecule has 1 rings (SSSR count). The van der Waals surface area contributed by atoms with Crippen LogP contribution >= 0.6 is 12.4 Å². The Kier molecular flexibility index (Phi) is 5.62. The fraction of sp³-hybridized carbons (Fsp3) is 0.333. The number of hydrogen-bond acceptors (Lipinski definition) is 2. The second-order valence-electron chi connectivity index (χ2n) is 2.77. The number of halogens is 2. The molecule has 0 amide bonds. The third-order valence-corrected chi connectivity index (χ3v) is 1.65. The molecule has 1 aromatic carbocycles. The van der Waals surface area contributed by atoms with Crippen molar-refractivity contribution in [2.75, 3.05) is 6.61 Å². The number of aliphatic hydroxyl groups excluding tert-OH is 1. The van der Waals surface area contributed by atoms with Crippen molar-refractivity contribution in [2.24, 2.45) is 5.73 Å². The standard InChI is InChI=1S/C9H12FNO.ClH/c10-8-3-1-7(2-4-8)5-9(11)6-12;/h1-4,9,12H,5-6,11H2;1H/t9-;/m1./s1. The molecule has 74 valence electrons. The highest BCUT2D eigenvalue weighted by molar-refractivity contribution is 5.85. The SMILES string of the molecule is Cl.N[C@@H](CO)Cc1ccc(F)cc1. The van der Waals surface area contributed by atoms with Crippen LogP contribution in [0.2, 0.25) is 0 Å². The highest BCUT2D eigenvalue weighted by Gasteiger charge is 2.01. The van der Waals surface area contributed by atoms with Crippen molar-refractivity contribution < 1.29 is 9.50 Å². The van der Waals surface area contributed by atoms with Gasteiger partial charge in [-0.1, -0.05) is 12.1 Å². The minimum absolute atomic E-state index is 0. The van der Waals surface area contributed by atoms with Gasteiger partial charge in [0.25, 0.3) is 0 Å². The van der Waals surface area contributed by atoms with Crippen molar-refractivity contribution in [3.8, 4) is 0 Å². The summed E-state index contributed by atoms with van der Waals surface area (Å²) in [4.78, 5) is 0. The summed E-state index contributed by atoms with van der Waals surface area (Å²) >= 11 is 0. The van der Waals surface area contributed by atoms with Gasteiger partial charge in [-0.2, -0.15) is 0 Å². The average molecular weight is 206 g/mol. The third kappa shape index (κ3) is 4.22. The van der Waals surface area contributed by atoms with E-state index in [4.69, 9.17) is 10.8 Å². The van der Waals surface area contributed by atoms with Crippen LogP contribution in [0.15, 0.2) is 24.3 Å². The molecule has 2 nitrogen and oxygen atoms in total. The summed E-state index contributed by atoms with van der Waals surface area (Å²) in [5, 5.41) is 8.65. The molecule has 0 aliphatic heterocycles. The van der Waals surface area contributed by atoms with Crippen LogP contribution in [-0.2, 0) is 6.42 Å². The van der Waals surface area contributed by atoms with E-state index in [1.54, 1.807) is 12.1 Å². The Morgan fingerprint density at radius 3 is 2.31 bits per heavy atom. The first-order chi connectivity index (χ1) is 5.72. The van der Waals surface area contributed by atoms with E-state index in [0.29, 0.717) is 6.42 Å². The molecular formula is C9H13ClFNO. The van der Waals surface area contributed by atoms with Crippen LogP contribution in [0.3, 0.4) is 0 Å². The van der Waals surface area contributed by atoms with Gasteiger partial charge in [0.1, 0.15) is 5.82 Å². The highest BCUT2D eigenvalue weighted by atomic mass is 35.5. The van der Waals surface area contributed by atoms with Crippen molar-refractivity contribution in [2.45, 2.75) is 12.5 Å². The normalized spacial score (nSPS) is 11.9. The van der Waals surface area contributed by atoms with Gasteiger partial charge in [-0.3, -0.25) is 0 Å². The van der Waals surface area contributed by atoms with E-state index < -0.39 is 0 Å². The van der Waals surface area contributed by atoms with Crippen molar-refractivity contribution >= 4 is 12.4 Å². The zero-order valence-corrected chi connectivity index (χ0v) is 7.93. The smallest absolute Gasteiger partial charge is 0.123 e. The average Bonchev–Trinajstić information content (AvgIpc) is 2.09. The molecule has 0 unspecified atom stereocenters. The maximum atomic E-state index is 12.4. The van der Waals surface area contributed by atoms with Gasteiger partial charge in [-0.25, -0.2) is 4.39 Å². The first-order valence-corrected chi connectivity index (χ1v) is 3.83. The monoisotopic (exact) mass is 205 g/mol. The van der Waals surface area contributed by atoms with Crippen molar-refractivity contribution in [3.63, 3.8) is 0 Å². The molecule has 0 aliphatic carbocycles. The van der Waals surface area contributed by atoms with E-state index in [9.17, 15) is 4.39 Å². The van der Waals surface area contributed by atoms with Crippen LogP contribution in [0.1, 0.15) is 5.56 Å². The van der Waals surface area contributed by atoms with Gasteiger partial charge >= 0.3 is 0 Å². The van der Waals surface area contributed by atoms with E-state index >= 15 is 0 Å². The topological polar surface area (TPSA) is 46.2 Å². The second kappa shape index (κ2) is 5.91. The zero-order valence-electron chi connectivity index (χ0n) is 7.11. The molecule has 1 atom stereocenters. The van der Waals surface area contributed by atoms with E-state index in [1.165, 1.54) is 12.1 Å². The zero-order chi connectivity index (χ0) is 8.97. The summed E-state index contributed by atoms with van der Waals surface area (Å²) < 4.78 is 12.4. The van der Waals surface area contributed by atoms with Crippen LogP contribution in [0.5, 0.6) is 0 Å². The number of rotatable bonds is 3. The van der Waals surface area contributed by atoms with Gasteiger partial charge < -0.3 is 10.8 Å². The van der Waals surface area contributed by atoms with Crippen LogP contribution in [0.25, 0.3) is 0 Å². The molecular weight excluding hydrogens is 193 g/mol. The van der Waals surface area contributed by atoms with E-state index in [0.717, 1.165) is 5.56 Å². The Hall–Kier alpha value is -0.640. The molecule has 0 fully saturated rings. The molecule has 0 aliphatic rings. The Morgan fingerprint density at radius 2 is 1.85 bits per heavy atom. The first-order valence-electron chi connectivity index (χ1n) is 3.83. The molecule has 13 heavy (non-hydrogen) atoms. The van der Waals surface area contributed by atoms with Gasteiger partial charge in [0.15, 0.2) is 0 Å². The Morgan fingerprint density at radius 1 is 1.31 bits per heavy atom. The summed E-state index contributed by atoms with van der Waals surface area (Å²) in [7, 11) is 0. The second-order valence-corrected chi connectivity index (χ2v) is 2.77. The minimum atomic E-state index is -0.254. The van der Waals surface area contributed by atoms with Gasteiger partial charge in [0.2, 0.25) is 0 Å². The maximum absolute atomic E-state index is 12.4. The van der Waals surface area contributed by atoms with E-state index in [2.05, 4.69) is 0 Å². The van der Waals surface area contributed by atoms with Gasteiger partial charge in [0, 0.05) is 6.04 Å². The molecule has 4 heteroatoms. The predicted octanol–water partition coefficient (Wildman–Crippen LogP) is 1.11. The predicted molar refractivity (Wildman–Crippen MR) is 52.4 cm³/mol. The van der Waals surface area contributed by atoms with Crippen LogP contribution < -0.4 is 5.73 Å². The molecule has 0 heterocycles. The third-order valence-electron chi connectivity index (χ3n) is 1.65. The molecule has 0 radical (unpaired) electrons. The highest BCUT2D eigenvalue weighted by Crippen LogP contribution is 2.04. The lowest BCUT2D eigenvalue weighted by Gasteiger charge is -2.06. The van der Waals surface area contributed by atoms with E-state index in [1.807, 2.05) is 0 Å². The van der Waals surface area contributed by atoms with Crippen molar-refractivity contribution in [3.05, 3.63) is 35.6 Å². The summed E-state index contributed by atoms with van der Waals surface area (Å²) in [6.07, 6.45) is 0.580. The summed E-state index contributed by atoms with van der Waals surface area (Å²) in [5.74, 6) is -0.253. The van der Waals surface area contributed by atoms with E-state index in [-0.39, 0.29) is 30.9 Å². The van der Waals surface area contributed by atoms with Gasteiger partial charge in [0.05, 0.1) is 6.61 Å². The number of benzene rings is 1. The summed E-state index contributed by atoms with van der Waals surface area (Å²) in [6.45, 7) is -0.0443. The number of nitrogens with two attached hydrogens (primary N) is 1. The van der Waals surface area contributed by atoms with Crippen molar-refractivity contribution in [1.82, 2.24) is 0 Å². The van der Waals surface area contributed by atoms with Gasteiger partial charge in [-0.05, 0) is 24.1 Å². The lowest BCUT2D eigenvalue weighted by Crippen LogP contribution is -2.26. The molecule has 0 bridgehead atoms. The van der Waals surface area contributed by atoms with Crippen LogP contribution in [0.4, 0.5) is 4.39 Å². The largest absolute Gasteiger partial charge is 0.395 e. The fourth-order valence-electron chi connectivity index (χ4n) is 0.988. The molecule has 0 spiro atoms. The lowest BCUT2D eigenvalue weighted by atomic mass is 10.1. The first kappa shape index (κ1) is 12.4. The fourth-order valence-corrected chi connectivity index (χ4v) is 0.988. The summed E-state index contributed by atoms with van der Waals surface area (Å²) in [5.41, 5.74) is 6.44. The summed E-state index contributed by atoms with van der Waals surface area (Å²) in [6, 6.07) is 5.87. The van der Waals surface area contributed by atoms with Crippen LogP contribution in [0, 0.1) is 5.82 Å². The Bertz CT molecular complexity index is 240. The Labute approximate surface area is 83.0 Å². The van der Waals surface area contributed by atoms with Crippen LogP contribution in [-0.4, -0.2) is 17.8 Å². The quantitative estimate of drug-likeness (QED) is 0.777. The van der Waals surface area contributed by atoms with Crippen molar-refractivity contribution in [1.29, 1.82) is 0 Å². The lowest BCUT2D eigenvalue weighted by molar-refractivity contribution is 0.265. The maximum Gasteiger partial charge on any atom is 0.123 e. The molecule has 3 N–H and O–H groups in total. The molecule has 1 aromatic rings. The molecule has 0 aromatic heterocycles. The minimum Gasteiger partial charge on any atom is -0.395 e. The van der Waals surface area contributed by atoms with Gasteiger partial charge in [-0.15, -0.1) is 12.4 Å². The molecule has 0 saturated heterocycles. The Balaban J connectivity index is 0.00000144. The number of hydrogen-bond donors (Lipinski definition) is 2.